The fourth-order valence-corrected chi connectivity index (χ4v) is 3.84. The number of alkyl halides is 2. The van der Waals surface area contributed by atoms with Crippen molar-refractivity contribution >= 4 is 5.97 Å². The summed E-state index contributed by atoms with van der Waals surface area (Å²) in [6.45, 7) is 0. The van der Waals surface area contributed by atoms with Gasteiger partial charge in [-0.25, -0.2) is 13.6 Å². The predicted molar refractivity (Wildman–Crippen MR) is 84.3 cm³/mol. The summed E-state index contributed by atoms with van der Waals surface area (Å²) in [6, 6.07) is 8.23. The second kappa shape index (κ2) is 6.41. The summed E-state index contributed by atoms with van der Waals surface area (Å²) in [7, 11) is 0. The first kappa shape index (κ1) is 17.3. The van der Waals surface area contributed by atoms with Crippen LogP contribution in [0.3, 0.4) is 0 Å². The summed E-state index contributed by atoms with van der Waals surface area (Å²) in [5.74, 6) is -4.56. The summed E-state index contributed by atoms with van der Waals surface area (Å²) < 4.78 is 32.8. The first-order valence-electron chi connectivity index (χ1n) is 8.43. The molecule has 0 heterocycles. The largest absolute Gasteiger partial charge is 0.460 e. The van der Waals surface area contributed by atoms with E-state index in [0.717, 1.165) is 6.42 Å². The van der Waals surface area contributed by atoms with Crippen molar-refractivity contribution in [3.63, 3.8) is 0 Å². The molecule has 24 heavy (non-hydrogen) atoms. The van der Waals surface area contributed by atoms with Gasteiger partial charge in [-0.15, -0.1) is 0 Å². The van der Waals surface area contributed by atoms with Gasteiger partial charge in [0.05, 0.1) is 0 Å². The molecule has 0 saturated heterocycles. The number of nitrogens with two attached hydrogens (primary N) is 1. The van der Waals surface area contributed by atoms with E-state index in [1.165, 1.54) is 0 Å². The van der Waals surface area contributed by atoms with Gasteiger partial charge in [0, 0.05) is 24.8 Å². The highest BCUT2D eigenvalue weighted by Gasteiger charge is 2.54. The summed E-state index contributed by atoms with van der Waals surface area (Å²) in [5.41, 5.74) is 4.08. The maximum atomic E-state index is 13.7. The molecular weight excluding hydrogens is 316 g/mol. The zero-order valence-electron chi connectivity index (χ0n) is 13.5. The number of esters is 1. The summed E-state index contributed by atoms with van der Waals surface area (Å²) in [6.07, 6.45) is 0.813. The molecule has 0 spiro atoms. The molecule has 0 radical (unpaired) electrons. The molecule has 0 aromatic heterocycles. The van der Waals surface area contributed by atoms with E-state index in [-0.39, 0.29) is 25.0 Å². The van der Waals surface area contributed by atoms with E-state index in [1.54, 1.807) is 30.3 Å². The fraction of sp³-hybridized carbons (Fsp3) is 0.611. The maximum absolute atomic E-state index is 13.7. The van der Waals surface area contributed by atoms with Gasteiger partial charge in [0.25, 0.3) is 0 Å². The van der Waals surface area contributed by atoms with Gasteiger partial charge in [-0.2, -0.15) is 0 Å². The molecule has 0 bridgehead atoms. The highest BCUT2D eigenvalue weighted by molar-refractivity contribution is 5.82. The SMILES string of the molecule is N[C@@H]1CCC(OC(=O)[C@](O)(c2ccccc2)[C@@H]2CCC(F)(F)C2)C1. The maximum Gasteiger partial charge on any atom is 0.343 e. The molecule has 2 aliphatic rings. The molecule has 132 valence electrons. The average molecular weight is 339 g/mol. The quantitative estimate of drug-likeness (QED) is 0.828. The van der Waals surface area contributed by atoms with Crippen LogP contribution < -0.4 is 5.73 Å². The zero-order valence-corrected chi connectivity index (χ0v) is 13.5. The number of benzene rings is 1. The average Bonchev–Trinajstić information content (AvgIpc) is 3.12. The van der Waals surface area contributed by atoms with Crippen LogP contribution in [0.5, 0.6) is 0 Å². The molecule has 2 aliphatic carbocycles. The van der Waals surface area contributed by atoms with E-state index in [2.05, 4.69) is 0 Å². The Balaban J connectivity index is 1.86. The van der Waals surface area contributed by atoms with Gasteiger partial charge in [0.1, 0.15) is 6.10 Å². The van der Waals surface area contributed by atoms with E-state index in [1.807, 2.05) is 0 Å². The van der Waals surface area contributed by atoms with Gasteiger partial charge < -0.3 is 15.6 Å². The van der Waals surface area contributed by atoms with Gasteiger partial charge >= 0.3 is 5.97 Å². The molecule has 4 atom stereocenters. The van der Waals surface area contributed by atoms with Crippen LogP contribution in [0.25, 0.3) is 0 Å². The molecule has 3 N–H and O–H groups in total. The number of carbonyl (C=O) groups excluding carboxylic acids is 1. The lowest BCUT2D eigenvalue weighted by Gasteiger charge is -2.33. The molecule has 2 fully saturated rings. The molecule has 1 aromatic rings. The van der Waals surface area contributed by atoms with Crippen LogP contribution in [0.4, 0.5) is 8.78 Å². The van der Waals surface area contributed by atoms with Gasteiger partial charge in [0.15, 0.2) is 5.60 Å². The number of hydrogen-bond donors (Lipinski definition) is 2. The van der Waals surface area contributed by atoms with Crippen LogP contribution in [0.1, 0.15) is 44.1 Å². The van der Waals surface area contributed by atoms with Crippen LogP contribution in [0.2, 0.25) is 0 Å². The molecule has 6 heteroatoms. The van der Waals surface area contributed by atoms with Crippen LogP contribution in [-0.4, -0.2) is 29.1 Å². The lowest BCUT2D eigenvalue weighted by atomic mass is 9.80. The van der Waals surface area contributed by atoms with Crippen molar-refractivity contribution in [2.45, 2.75) is 62.2 Å². The predicted octanol–water partition coefficient (Wildman–Crippen LogP) is 2.73. The van der Waals surface area contributed by atoms with E-state index in [4.69, 9.17) is 10.5 Å². The van der Waals surface area contributed by atoms with Gasteiger partial charge in [-0.05, 0) is 31.2 Å². The topological polar surface area (TPSA) is 72.5 Å². The normalized spacial score (nSPS) is 31.6. The third kappa shape index (κ3) is 3.30. The second-order valence-corrected chi connectivity index (χ2v) is 7.03. The first-order valence-corrected chi connectivity index (χ1v) is 8.43. The number of hydrogen-bond acceptors (Lipinski definition) is 4. The second-order valence-electron chi connectivity index (χ2n) is 7.03. The molecule has 3 rings (SSSR count). The number of carbonyl (C=O) groups is 1. The van der Waals surface area contributed by atoms with Crippen molar-refractivity contribution in [3.8, 4) is 0 Å². The van der Waals surface area contributed by atoms with Gasteiger partial charge in [-0.1, -0.05) is 30.3 Å². The Morgan fingerprint density at radius 1 is 1.25 bits per heavy atom. The van der Waals surface area contributed by atoms with Gasteiger partial charge in [0.2, 0.25) is 5.92 Å². The minimum atomic E-state index is -2.86. The number of aliphatic hydroxyl groups is 1. The Hall–Kier alpha value is -1.53. The Morgan fingerprint density at radius 2 is 1.96 bits per heavy atom. The van der Waals surface area contributed by atoms with Crippen molar-refractivity contribution < 1.29 is 23.4 Å². The zero-order chi connectivity index (χ0) is 17.4. The summed E-state index contributed by atoms with van der Waals surface area (Å²) >= 11 is 0. The van der Waals surface area contributed by atoms with Crippen molar-refractivity contribution in [2.24, 2.45) is 11.7 Å². The van der Waals surface area contributed by atoms with Crippen molar-refractivity contribution in [1.82, 2.24) is 0 Å². The van der Waals surface area contributed by atoms with E-state index in [0.29, 0.717) is 18.4 Å². The van der Waals surface area contributed by atoms with Crippen molar-refractivity contribution in [1.29, 1.82) is 0 Å². The fourth-order valence-electron chi connectivity index (χ4n) is 3.84. The highest BCUT2D eigenvalue weighted by atomic mass is 19.3. The summed E-state index contributed by atoms with van der Waals surface area (Å²) in [5, 5.41) is 11.2. The molecule has 1 aromatic carbocycles. The molecule has 0 amide bonds. The monoisotopic (exact) mass is 339 g/mol. The molecule has 1 unspecified atom stereocenters. The molecular formula is C18H23F2NO3. The Kier molecular flexibility index (Phi) is 4.62. The molecule has 4 nitrogen and oxygen atoms in total. The minimum absolute atomic E-state index is 0.0246. The van der Waals surface area contributed by atoms with Crippen LogP contribution in [0, 0.1) is 5.92 Å². The van der Waals surface area contributed by atoms with E-state index in [9.17, 15) is 18.7 Å². The van der Waals surface area contributed by atoms with Gasteiger partial charge in [-0.3, -0.25) is 0 Å². The highest BCUT2D eigenvalue weighted by Crippen LogP contribution is 2.48. The lowest BCUT2D eigenvalue weighted by Crippen LogP contribution is -2.45. The lowest BCUT2D eigenvalue weighted by molar-refractivity contribution is -0.180. The Bertz CT molecular complexity index is 595. The number of rotatable bonds is 4. The van der Waals surface area contributed by atoms with Crippen molar-refractivity contribution in [2.75, 3.05) is 0 Å². The van der Waals surface area contributed by atoms with Crippen LogP contribution >= 0.6 is 0 Å². The first-order chi connectivity index (χ1) is 11.3. The van der Waals surface area contributed by atoms with Crippen LogP contribution in [-0.2, 0) is 15.1 Å². The van der Waals surface area contributed by atoms with Crippen molar-refractivity contribution in [3.05, 3.63) is 35.9 Å². The molecule has 0 aliphatic heterocycles. The molecule has 2 saturated carbocycles. The minimum Gasteiger partial charge on any atom is -0.460 e. The van der Waals surface area contributed by atoms with E-state index >= 15 is 0 Å². The van der Waals surface area contributed by atoms with Crippen LogP contribution in [0.15, 0.2) is 30.3 Å². The summed E-state index contributed by atoms with van der Waals surface area (Å²) in [4.78, 5) is 12.8. The Labute approximate surface area is 140 Å². The third-order valence-corrected chi connectivity index (χ3v) is 5.22. The number of ether oxygens (including phenoxy) is 1. The third-order valence-electron chi connectivity index (χ3n) is 5.22. The van der Waals surface area contributed by atoms with E-state index < -0.39 is 29.8 Å². The smallest absolute Gasteiger partial charge is 0.343 e. The standard InChI is InChI=1S/C18H23F2NO3/c19-17(20)9-8-13(11-17)18(23,12-4-2-1-3-5-12)16(22)24-15-7-6-14(21)10-15/h1-5,13-15,23H,6-11,21H2/t13-,14-,15?,18+/m1/s1. The number of halogens is 2. The Morgan fingerprint density at radius 3 is 2.50 bits per heavy atom.